The highest BCUT2D eigenvalue weighted by atomic mass is 16.6. The van der Waals surface area contributed by atoms with Crippen molar-refractivity contribution in [3.05, 3.63) is 33.9 Å². The van der Waals surface area contributed by atoms with Crippen molar-refractivity contribution in [2.24, 2.45) is 0 Å². The number of hydrogen-bond acceptors (Lipinski definition) is 5. The summed E-state index contributed by atoms with van der Waals surface area (Å²) in [5.74, 6) is 0.180. The summed E-state index contributed by atoms with van der Waals surface area (Å²) in [6.45, 7) is 0.369. The van der Waals surface area contributed by atoms with Crippen molar-refractivity contribution < 1.29 is 19.5 Å². The van der Waals surface area contributed by atoms with Crippen molar-refractivity contribution in [2.75, 3.05) is 20.3 Å². The molecule has 1 N–H and O–H groups in total. The molecule has 0 fully saturated rings. The van der Waals surface area contributed by atoms with E-state index in [1.165, 1.54) is 19.2 Å². The molecule has 0 aliphatic rings. The zero-order valence-corrected chi connectivity index (χ0v) is 8.88. The predicted molar refractivity (Wildman–Crippen MR) is 56.4 cm³/mol. The zero-order chi connectivity index (χ0) is 12.0. The summed E-state index contributed by atoms with van der Waals surface area (Å²) in [5, 5.41) is 19.6. The highest BCUT2D eigenvalue weighted by Gasteiger charge is 2.15. The van der Waals surface area contributed by atoms with Gasteiger partial charge >= 0.3 is 5.69 Å². The standard InChI is InChI=1S/C10H13NO5/c1-15-4-5-16-10-3-2-8(7-12)6-9(10)11(13)14/h2-3,6,12H,4-5,7H2,1H3. The number of hydrogen-bond donors (Lipinski definition) is 1. The van der Waals surface area contributed by atoms with Gasteiger partial charge in [0, 0.05) is 13.2 Å². The van der Waals surface area contributed by atoms with Crippen molar-refractivity contribution in [3.63, 3.8) is 0 Å². The van der Waals surface area contributed by atoms with Crippen molar-refractivity contribution in [3.8, 4) is 5.75 Å². The SMILES string of the molecule is COCCOc1ccc(CO)cc1[N+](=O)[O-]. The molecule has 0 amide bonds. The molecule has 0 atom stereocenters. The Balaban J connectivity index is 2.85. The molecule has 6 heteroatoms. The molecule has 0 unspecified atom stereocenters. The van der Waals surface area contributed by atoms with Crippen LogP contribution in [-0.2, 0) is 11.3 Å². The Morgan fingerprint density at radius 1 is 1.44 bits per heavy atom. The summed E-state index contributed by atoms with van der Waals surface area (Å²) in [5.41, 5.74) is 0.327. The first-order valence-electron chi connectivity index (χ1n) is 4.69. The molecule has 0 saturated heterocycles. The molecule has 0 radical (unpaired) electrons. The second-order valence-corrected chi connectivity index (χ2v) is 3.06. The van der Waals surface area contributed by atoms with Crippen LogP contribution in [-0.4, -0.2) is 30.4 Å². The third kappa shape index (κ3) is 3.18. The van der Waals surface area contributed by atoms with Crippen LogP contribution in [0.15, 0.2) is 18.2 Å². The summed E-state index contributed by atoms with van der Waals surface area (Å²) < 4.78 is 9.96. The Hall–Kier alpha value is -1.66. The van der Waals surface area contributed by atoms with Gasteiger partial charge in [0.2, 0.25) is 0 Å². The molecule has 1 rings (SSSR count). The molecule has 1 aromatic rings. The Morgan fingerprint density at radius 2 is 2.19 bits per heavy atom. The van der Waals surface area contributed by atoms with E-state index >= 15 is 0 Å². The van der Waals surface area contributed by atoms with Crippen LogP contribution in [0.2, 0.25) is 0 Å². The van der Waals surface area contributed by atoms with Gasteiger partial charge in [0.1, 0.15) is 6.61 Å². The van der Waals surface area contributed by atoms with Gasteiger partial charge < -0.3 is 14.6 Å². The van der Waals surface area contributed by atoms with Gasteiger partial charge in [-0.3, -0.25) is 10.1 Å². The van der Waals surface area contributed by atoms with E-state index in [1.807, 2.05) is 0 Å². The van der Waals surface area contributed by atoms with Gasteiger partial charge in [-0.25, -0.2) is 0 Å². The van der Waals surface area contributed by atoms with Crippen LogP contribution in [0.3, 0.4) is 0 Å². The van der Waals surface area contributed by atoms with E-state index in [4.69, 9.17) is 14.6 Å². The molecule has 0 aliphatic carbocycles. The highest BCUT2D eigenvalue weighted by molar-refractivity contribution is 5.48. The van der Waals surface area contributed by atoms with Crippen molar-refractivity contribution in [1.82, 2.24) is 0 Å². The molecule has 16 heavy (non-hydrogen) atoms. The quantitative estimate of drug-likeness (QED) is 0.447. The molecule has 0 aromatic heterocycles. The Morgan fingerprint density at radius 3 is 2.75 bits per heavy atom. The molecular weight excluding hydrogens is 214 g/mol. The third-order valence-corrected chi connectivity index (χ3v) is 1.95. The van der Waals surface area contributed by atoms with Crippen LogP contribution >= 0.6 is 0 Å². The average Bonchev–Trinajstić information content (AvgIpc) is 2.29. The molecule has 1 aromatic carbocycles. The van der Waals surface area contributed by atoms with Gasteiger partial charge in [-0.2, -0.15) is 0 Å². The smallest absolute Gasteiger partial charge is 0.311 e. The van der Waals surface area contributed by atoms with Crippen LogP contribution in [0.5, 0.6) is 5.75 Å². The fourth-order valence-electron chi connectivity index (χ4n) is 1.16. The minimum Gasteiger partial charge on any atom is -0.484 e. The minimum atomic E-state index is -0.540. The number of methoxy groups -OCH3 is 1. The monoisotopic (exact) mass is 227 g/mol. The first-order chi connectivity index (χ1) is 7.69. The Bertz CT molecular complexity index is 366. The second-order valence-electron chi connectivity index (χ2n) is 3.06. The maximum atomic E-state index is 10.7. The van der Waals surface area contributed by atoms with E-state index in [9.17, 15) is 10.1 Å². The van der Waals surface area contributed by atoms with Crippen molar-refractivity contribution in [2.45, 2.75) is 6.61 Å². The van der Waals surface area contributed by atoms with Crippen LogP contribution < -0.4 is 4.74 Å². The fourth-order valence-corrected chi connectivity index (χ4v) is 1.16. The Kier molecular flexibility index (Phi) is 4.68. The number of nitro benzene ring substituents is 1. The summed E-state index contributed by atoms with van der Waals surface area (Å²) in [6.07, 6.45) is 0. The highest BCUT2D eigenvalue weighted by Crippen LogP contribution is 2.27. The first-order valence-corrected chi connectivity index (χ1v) is 4.69. The number of nitro groups is 1. The normalized spacial score (nSPS) is 10.1. The Labute approximate surface area is 92.6 Å². The van der Waals surface area contributed by atoms with Crippen molar-refractivity contribution in [1.29, 1.82) is 0 Å². The number of rotatable bonds is 6. The predicted octanol–water partition coefficient (Wildman–Crippen LogP) is 1.11. The van der Waals surface area contributed by atoms with Crippen molar-refractivity contribution >= 4 is 5.69 Å². The van der Waals surface area contributed by atoms with Gasteiger partial charge in [-0.1, -0.05) is 6.07 Å². The van der Waals surface area contributed by atoms with Gasteiger partial charge in [0.05, 0.1) is 18.1 Å². The van der Waals surface area contributed by atoms with E-state index in [0.29, 0.717) is 12.2 Å². The van der Waals surface area contributed by atoms with E-state index < -0.39 is 4.92 Å². The molecule has 0 aliphatic heterocycles. The average molecular weight is 227 g/mol. The molecule has 0 saturated carbocycles. The summed E-state index contributed by atoms with van der Waals surface area (Å²) in [7, 11) is 1.52. The lowest BCUT2D eigenvalue weighted by molar-refractivity contribution is -0.386. The maximum absolute atomic E-state index is 10.7. The van der Waals surface area contributed by atoms with Gasteiger partial charge in [0.25, 0.3) is 0 Å². The van der Waals surface area contributed by atoms with E-state index in [2.05, 4.69) is 0 Å². The van der Waals surface area contributed by atoms with Crippen LogP contribution in [0.1, 0.15) is 5.56 Å². The number of benzene rings is 1. The summed E-state index contributed by atoms with van der Waals surface area (Å²) in [6, 6.07) is 4.34. The molecule has 88 valence electrons. The van der Waals surface area contributed by atoms with Gasteiger partial charge in [-0.15, -0.1) is 0 Å². The van der Waals surface area contributed by atoms with Crippen LogP contribution in [0.25, 0.3) is 0 Å². The number of ether oxygens (including phenoxy) is 2. The summed E-state index contributed by atoms with van der Waals surface area (Å²) >= 11 is 0. The number of aliphatic hydroxyl groups is 1. The van der Waals surface area contributed by atoms with Gasteiger partial charge in [-0.05, 0) is 11.6 Å². The first kappa shape index (κ1) is 12.4. The molecule has 0 bridgehead atoms. The zero-order valence-electron chi connectivity index (χ0n) is 8.88. The molecule has 0 heterocycles. The maximum Gasteiger partial charge on any atom is 0.311 e. The number of aliphatic hydroxyl groups excluding tert-OH is 1. The van der Waals surface area contributed by atoms with E-state index in [0.717, 1.165) is 0 Å². The lowest BCUT2D eigenvalue weighted by Gasteiger charge is -2.06. The molecule has 0 spiro atoms. The second kappa shape index (κ2) is 6.04. The number of nitrogens with zero attached hydrogens (tertiary/aromatic N) is 1. The molecular formula is C10H13NO5. The molecule has 6 nitrogen and oxygen atoms in total. The van der Waals surface area contributed by atoms with Gasteiger partial charge in [0.15, 0.2) is 5.75 Å². The van der Waals surface area contributed by atoms with Crippen LogP contribution in [0.4, 0.5) is 5.69 Å². The lowest BCUT2D eigenvalue weighted by atomic mass is 10.2. The minimum absolute atomic E-state index is 0.150. The largest absolute Gasteiger partial charge is 0.484 e. The topological polar surface area (TPSA) is 81.8 Å². The lowest BCUT2D eigenvalue weighted by Crippen LogP contribution is -2.06. The fraction of sp³-hybridized carbons (Fsp3) is 0.400. The van der Waals surface area contributed by atoms with E-state index in [-0.39, 0.29) is 24.7 Å². The van der Waals surface area contributed by atoms with E-state index in [1.54, 1.807) is 6.07 Å². The summed E-state index contributed by atoms with van der Waals surface area (Å²) in [4.78, 5) is 10.2. The third-order valence-electron chi connectivity index (χ3n) is 1.95. The van der Waals surface area contributed by atoms with Crippen LogP contribution in [0, 0.1) is 10.1 Å².